The van der Waals surface area contributed by atoms with Crippen LogP contribution in [0.15, 0.2) is 10.9 Å². The van der Waals surface area contributed by atoms with Crippen LogP contribution in [0.4, 0.5) is 0 Å². The molecule has 100 valence electrons. The largest absolute Gasteiger partial charge is 0.507 e. The number of Topliss-reactive ketones (excluding diaryl/α,β-unsaturated/α-hetero) is 1. The number of hydrogen-bond acceptors (Lipinski definition) is 4. The van der Waals surface area contributed by atoms with E-state index in [0.717, 1.165) is 0 Å². The van der Waals surface area contributed by atoms with Gasteiger partial charge in [0.15, 0.2) is 5.78 Å². The Balaban J connectivity index is 3.08. The molecule has 0 radical (unpaired) electrons. The molecule has 0 bridgehead atoms. The smallest absolute Gasteiger partial charge is 0.297 e. The fourth-order valence-electron chi connectivity index (χ4n) is 1.58. The lowest BCUT2D eigenvalue weighted by Gasteiger charge is -2.17. The van der Waals surface area contributed by atoms with Crippen molar-refractivity contribution in [3.8, 4) is 5.75 Å². The molecule has 5 heteroatoms. The van der Waals surface area contributed by atoms with Crippen LogP contribution in [-0.2, 0) is 0 Å². The first-order valence-electron chi connectivity index (χ1n) is 5.81. The van der Waals surface area contributed by atoms with E-state index in [1.807, 2.05) is 20.8 Å². The van der Waals surface area contributed by atoms with Gasteiger partial charge in [-0.15, -0.1) is 0 Å². The first kappa shape index (κ1) is 14.3. The van der Waals surface area contributed by atoms with E-state index >= 15 is 0 Å². The monoisotopic (exact) mass is 253 g/mol. The molecule has 18 heavy (non-hydrogen) atoms. The van der Waals surface area contributed by atoms with E-state index in [1.165, 1.54) is 13.0 Å². The maximum absolute atomic E-state index is 11.9. The molecule has 0 aromatic carbocycles. The summed E-state index contributed by atoms with van der Waals surface area (Å²) in [5, 5.41) is 19.1. The third kappa shape index (κ3) is 3.12. The Morgan fingerprint density at radius 1 is 1.39 bits per heavy atom. The second kappa shape index (κ2) is 4.84. The molecular formula is C13H19NO4. The summed E-state index contributed by atoms with van der Waals surface area (Å²) in [4.78, 5) is 23.6. The zero-order valence-electron chi connectivity index (χ0n) is 11.1. The summed E-state index contributed by atoms with van der Waals surface area (Å²) in [6.45, 7) is 7.42. The Hall–Kier alpha value is -1.78. The molecule has 0 aliphatic heterocycles. The Bertz CT molecular complexity index is 523. The van der Waals surface area contributed by atoms with Gasteiger partial charge in [0.05, 0.1) is 5.69 Å². The zero-order chi connectivity index (χ0) is 14.1. The highest BCUT2D eigenvalue weighted by Crippen LogP contribution is 2.23. The predicted octanol–water partition coefficient (Wildman–Crippen LogP) is 2.11. The van der Waals surface area contributed by atoms with E-state index in [2.05, 4.69) is 0 Å². The molecule has 1 aromatic rings. The maximum atomic E-state index is 11.9. The molecule has 0 saturated carbocycles. The van der Waals surface area contributed by atoms with Crippen LogP contribution in [0.2, 0.25) is 0 Å². The van der Waals surface area contributed by atoms with Gasteiger partial charge in [-0.2, -0.15) is 4.73 Å². The summed E-state index contributed by atoms with van der Waals surface area (Å²) in [6.07, 6.45) is 0.763. The van der Waals surface area contributed by atoms with E-state index in [-0.39, 0.29) is 28.8 Å². The molecule has 5 nitrogen and oxygen atoms in total. The topological polar surface area (TPSA) is 79.5 Å². The van der Waals surface area contributed by atoms with Crippen molar-refractivity contribution in [3.63, 3.8) is 0 Å². The Labute approximate surface area is 106 Å². The number of carbonyl (C=O) groups is 1. The Morgan fingerprint density at radius 2 is 1.94 bits per heavy atom. The molecule has 0 spiro atoms. The van der Waals surface area contributed by atoms with Gasteiger partial charge in [-0.1, -0.05) is 20.8 Å². The van der Waals surface area contributed by atoms with Crippen LogP contribution in [0.5, 0.6) is 5.75 Å². The van der Waals surface area contributed by atoms with Gasteiger partial charge in [0, 0.05) is 12.5 Å². The molecule has 0 aliphatic rings. The summed E-state index contributed by atoms with van der Waals surface area (Å²) >= 11 is 0. The third-order valence-electron chi connectivity index (χ3n) is 2.72. The van der Waals surface area contributed by atoms with E-state index in [4.69, 9.17) is 0 Å². The summed E-state index contributed by atoms with van der Waals surface area (Å²) in [5.74, 6) is -0.822. The summed E-state index contributed by atoms with van der Waals surface area (Å²) in [5.41, 5.74) is -1.06. The Kier molecular flexibility index (Phi) is 3.84. The van der Waals surface area contributed by atoms with Crippen molar-refractivity contribution in [1.82, 2.24) is 4.73 Å². The molecule has 0 atom stereocenters. The number of ketones is 1. The summed E-state index contributed by atoms with van der Waals surface area (Å²) in [6, 6.07) is 1.20. The number of pyridine rings is 1. The van der Waals surface area contributed by atoms with Gasteiger partial charge in [0.25, 0.3) is 5.56 Å². The number of aromatic nitrogens is 1. The molecule has 0 fully saturated rings. The molecule has 2 N–H and O–H groups in total. The van der Waals surface area contributed by atoms with Crippen LogP contribution >= 0.6 is 0 Å². The highest BCUT2D eigenvalue weighted by molar-refractivity contribution is 5.98. The first-order valence-corrected chi connectivity index (χ1v) is 5.81. The molecule has 0 aliphatic carbocycles. The van der Waals surface area contributed by atoms with Crippen LogP contribution in [0, 0.1) is 12.3 Å². The number of rotatable bonds is 3. The SMILES string of the molecule is Cc1cc(O)c(C(=O)CCC(C)(C)C)c(=O)n1O. The average molecular weight is 253 g/mol. The zero-order valence-corrected chi connectivity index (χ0v) is 11.1. The molecule has 0 unspecified atom stereocenters. The van der Waals surface area contributed by atoms with Crippen molar-refractivity contribution < 1.29 is 15.1 Å². The quantitative estimate of drug-likeness (QED) is 0.638. The average Bonchev–Trinajstić information content (AvgIpc) is 2.22. The number of nitrogens with zero attached hydrogens (tertiary/aromatic N) is 1. The fraction of sp³-hybridized carbons (Fsp3) is 0.538. The number of carbonyl (C=O) groups excluding carboxylic acids is 1. The van der Waals surface area contributed by atoms with Crippen molar-refractivity contribution >= 4 is 5.78 Å². The summed E-state index contributed by atoms with van der Waals surface area (Å²) < 4.78 is 0.379. The van der Waals surface area contributed by atoms with Crippen molar-refractivity contribution in [3.05, 3.63) is 27.7 Å². The minimum Gasteiger partial charge on any atom is -0.507 e. The lowest BCUT2D eigenvalue weighted by Crippen LogP contribution is -2.27. The summed E-state index contributed by atoms with van der Waals surface area (Å²) in [7, 11) is 0. The van der Waals surface area contributed by atoms with E-state index in [0.29, 0.717) is 11.2 Å². The minimum absolute atomic E-state index is 0.0335. The fourth-order valence-corrected chi connectivity index (χ4v) is 1.58. The standard InChI is InChI=1S/C13H19NO4/c1-8-7-10(16)11(12(17)14(8)18)9(15)5-6-13(2,3)4/h7,16,18H,5-6H2,1-4H3. The molecule has 1 heterocycles. The van der Waals surface area contributed by atoms with Crippen molar-refractivity contribution in [2.45, 2.75) is 40.5 Å². The maximum Gasteiger partial charge on any atom is 0.297 e. The number of aryl methyl sites for hydroxylation is 1. The van der Waals surface area contributed by atoms with Crippen LogP contribution in [0.1, 0.15) is 49.7 Å². The Morgan fingerprint density at radius 3 is 2.44 bits per heavy atom. The van der Waals surface area contributed by atoms with Crippen LogP contribution in [0.3, 0.4) is 0 Å². The van der Waals surface area contributed by atoms with Crippen molar-refractivity contribution in [2.24, 2.45) is 5.41 Å². The third-order valence-corrected chi connectivity index (χ3v) is 2.72. The van der Waals surface area contributed by atoms with Gasteiger partial charge in [-0.25, -0.2) is 0 Å². The second-order valence-corrected chi connectivity index (χ2v) is 5.65. The highest BCUT2D eigenvalue weighted by Gasteiger charge is 2.21. The number of hydrogen-bond donors (Lipinski definition) is 2. The van der Waals surface area contributed by atoms with Gasteiger partial charge >= 0.3 is 0 Å². The number of aromatic hydroxyl groups is 1. The van der Waals surface area contributed by atoms with E-state index in [1.54, 1.807) is 0 Å². The second-order valence-electron chi connectivity index (χ2n) is 5.65. The molecule has 1 rings (SSSR count). The lowest BCUT2D eigenvalue weighted by molar-refractivity contribution is 0.0952. The van der Waals surface area contributed by atoms with Crippen LogP contribution < -0.4 is 5.56 Å². The lowest BCUT2D eigenvalue weighted by atomic mass is 9.88. The first-order chi connectivity index (χ1) is 8.13. The molecule has 0 saturated heterocycles. The predicted molar refractivity (Wildman–Crippen MR) is 67.3 cm³/mol. The van der Waals surface area contributed by atoms with Gasteiger partial charge < -0.3 is 10.3 Å². The minimum atomic E-state index is -0.869. The van der Waals surface area contributed by atoms with Crippen molar-refractivity contribution in [1.29, 1.82) is 0 Å². The molecule has 0 amide bonds. The van der Waals surface area contributed by atoms with E-state index < -0.39 is 11.3 Å². The van der Waals surface area contributed by atoms with Crippen LogP contribution in [-0.4, -0.2) is 20.8 Å². The van der Waals surface area contributed by atoms with Gasteiger partial charge in [-0.3, -0.25) is 9.59 Å². The highest BCUT2D eigenvalue weighted by atomic mass is 16.5. The van der Waals surface area contributed by atoms with Crippen LogP contribution in [0.25, 0.3) is 0 Å². The van der Waals surface area contributed by atoms with E-state index in [9.17, 15) is 19.9 Å². The molecule has 1 aromatic heterocycles. The van der Waals surface area contributed by atoms with Gasteiger partial charge in [-0.05, 0) is 18.8 Å². The van der Waals surface area contributed by atoms with Gasteiger partial charge in [0.1, 0.15) is 11.3 Å². The van der Waals surface area contributed by atoms with Crippen molar-refractivity contribution in [2.75, 3.05) is 0 Å². The normalized spacial score (nSPS) is 11.6. The van der Waals surface area contributed by atoms with Gasteiger partial charge in [0.2, 0.25) is 0 Å². The molecular weight excluding hydrogens is 234 g/mol.